The second-order valence-electron chi connectivity index (χ2n) is 4.67. The van der Waals surface area contributed by atoms with E-state index >= 15 is 0 Å². The summed E-state index contributed by atoms with van der Waals surface area (Å²) in [6.07, 6.45) is 0.0504. The van der Waals surface area contributed by atoms with E-state index in [0.29, 0.717) is 16.9 Å². The molecule has 2 aromatic rings. The Hall–Kier alpha value is -2.69. The minimum absolute atomic E-state index is 0.0504. The van der Waals surface area contributed by atoms with Gasteiger partial charge < -0.3 is 9.47 Å². The van der Waals surface area contributed by atoms with Crippen LogP contribution in [-0.2, 0) is 22.6 Å². The quantitative estimate of drug-likeness (QED) is 0.643. The minimum atomic E-state index is -0.633. The van der Waals surface area contributed by atoms with Crippen LogP contribution >= 0.6 is 0 Å². The number of rotatable bonds is 3. The van der Waals surface area contributed by atoms with Crippen LogP contribution in [0, 0.1) is 5.82 Å². The van der Waals surface area contributed by atoms with Gasteiger partial charge in [-0.15, -0.1) is 0 Å². The van der Waals surface area contributed by atoms with E-state index < -0.39 is 11.9 Å². The van der Waals surface area contributed by atoms with Crippen LogP contribution in [-0.4, -0.2) is 11.9 Å². The van der Waals surface area contributed by atoms with Gasteiger partial charge in [-0.3, -0.25) is 4.79 Å². The summed E-state index contributed by atoms with van der Waals surface area (Å²) >= 11 is 0. The molecule has 0 amide bonds. The van der Waals surface area contributed by atoms with Gasteiger partial charge in [0.25, 0.3) is 0 Å². The topological polar surface area (TPSA) is 52.6 Å². The Bertz CT molecular complexity index is 707. The number of hydrogen-bond acceptors (Lipinski definition) is 4. The zero-order valence-corrected chi connectivity index (χ0v) is 11.0. The fraction of sp³-hybridized carbons (Fsp3) is 0.125. The standard InChI is InChI=1S/C16H11FO4/c17-12-3-1-10(2-4-12)9-20-13-5-6-14-11(7-13)8-15(18)21-16(14)19/h1-7H,8-9H2. The van der Waals surface area contributed by atoms with E-state index in [9.17, 15) is 14.0 Å². The van der Waals surface area contributed by atoms with Crippen LogP contribution in [0.1, 0.15) is 21.5 Å². The summed E-state index contributed by atoms with van der Waals surface area (Å²) in [5, 5.41) is 0. The average Bonchev–Trinajstić information content (AvgIpc) is 2.46. The second-order valence-corrected chi connectivity index (χ2v) is 4.67. The fourth-order valence-electron chi connectivity index (χ4n) is 2.10. The minimum Gasteiger partial charge on any atom is -0.489 e. The molecule has 1 aliphatic rings. The van der Waals surface area contributed by atoms with Crippen LogP contribution in [0.5, 0.6) is 5.75 Å². The van der Waals surface area contributed by atoms with Crippen LogP contribution in [0.4, 0.5) is 4.39 Å². The zero-order chi connectivity index (χ0) is 14.8. The molecule has 1 heterocycles. The lowest BCUT2D eigenvalue weighted by Crippen LogP contribution is -2.22. The highest BCUT2D eigenvalue weighted by Crippen LogP contribution is 2.23. The molecule has 2 aromatic carbocycles. The van der Waals surface area contributed by atoms with Crippen molar-refractivity contribution in [3.8, 4) is 5.75 Å². The smallest absolute Gasteiger partial charge is 0.346 e. The first kappa shape index (κ1) is 13.3. The predicted octanol–water partition coefficient (Wildman–Crippen LogP) is 2.64. The number of halogens is 1. The maximum absolute atomic E-state index is 12.8. The van der Waals surface area contributed by atoms with Gasteiger partial charge >= 0.3 is 11.9 Å². The summed E-state index contributed by atoms with van der Waals surface area (Å²) in [4.78, 5) is 22.7. The predicted molar refractivity (Wildman–Crippen MR) is 71.3 cm³/mol. The summed E-state index contributed by atoms with van der Waals surface area (Å²) in [6, 6.07) is 10.9. The second kappa shape index (κ2) is 5.36. The van der Waals surface area contributed by atoms with Crippen molar-refractivity contribution in [1.29, 1.82) is 0 Å². The van der Waals surface area contributed by atoms with Crippen molar-refractivity contribution in [2.45, 2.75) is 13.0 Å². The Labute approximate surface area is 120 Å². The molecule has 0 aliphatic carbocycles. The van der Waals surface area contributed by atoms with Gasteiger partial charge in [0.2, 0.25) is 0 Å². The first-order chi connectivity index (χ1) is 10.1. The van der Waals surface area contributed by atoms with Crippen LogP contribution in [0.25, 0.3) is 0 Å². The molecule has 0 fully saturated rings. The van der Waals surface area contributed by atoms with Crippen LogP contribution in [0.3, 0.4) is 0 Å². The number of carbonyl (C=O) groups excluding carboxylic acids is 2. The van der Waals surface area contributed by atoms with E-state index in [2.05, 4.69) is 4.74 Å². The normalized spacial score (nSPS) is 13.6. The molecule has 0 saturated heterocycles. The number of cyclic esters (lactones) is 2. The van der Waals surface area contributed by atoms with Gasteiger partial charge in [0.1, 0.15) is 18.2 Å². The lowest BCUT2D eigenvalue weighted by Gasteiger charge is -2.15. The average molecular weight is 286 g/mol. The monoisotopic (exact) mass is 286 g/mol. The molecule has 0 radical (unpaired) electrons. The highest BCUT2D eigenvalue weighted by Gasteiger charge is 2.24. The SMILES string of the molecule is O=C1Cc2cc(OCc3ccc(F)cc3)ccc2C(=O)O1. The molecule has 0 saturated carbocycles. The van der Waals surface area contributed by atoms with Gasteiger partial charge in [-0.25, -0.2) is 9.18 Å². The van der Waals surface area contributed by atoms with Crippen molar-refractivity contribution in [2.75, 3.05) is 0 Å². The van der Waals surface area contributed by atoms with Crippen molar-refractivity contribution < 1.29 is 23.5 Å². The van der Waals surface area contributed by atoms with E-state index in [0.717, 1.165) is 5.56 Å². The van der Waals surface area contributed by atoms with Gasteiger partial charge in [-0.05, 0) is 41.5 Å². The number of fused-ring (bicyclic) bond motifs is 1. The zero-order valence-electron chi connectivity index (χ0n) is 11.0. The van der Waals surface area contributed by atoms with Gasteiger partial charge in [0, 0.05) is 0 Å². The molecule has 21 heavy (non-hydrogen) atoms. The summed E-state index contributed by atoms with van der Waals surface area (Å²) in [6.45, 7) is 0.275. The molecular weight excluding hydrogens is 275 g/mol. The Morgan fingerprint density at radius 1 is 1.10 bits per heavy atom. The molecule has 4 nitrogen and oxygen atoms in total. The number of carbonyl (C=O) groups is 2. The Morgan fingerprint density at radius 2 is 1.86 bits per heavy atom. The molecule has 0 spiro atoms. The van der Waals surface area contributed by atoms with E-state index in [4.69, 9.17) is 4.74 Å². The van der Waals surface area contributed by atoms with Crippen molar-refractivity contribution in [2.24, 2.45) is 0 Å². The molecule has 1 aliphatic heterocycles. The molecule has 0 aromatic heterocycles. The molecule has 0 N–H and O–H groups in total. The van der Waals surface area contributed by atoms with Crippen LogP contribution in [0.15, 0.2) is 42.5 Å². The summed E-state index contributed by atoms with van der Waals surface area (Å²) in [5.74, 6) is -0.959. The maximum Gasteiger partial charge on any atom is 0.346 e. The fourth-order valence-corrected chi connectivity index (χ4v) is 2.10. The summed E-state index contributed by atoms with van der Waals surface area (Å²) in [5.41, 5.74) is 1.79. The van der Waals surface area contributed by atoms with E-state index in [1.807, 2.05) is 0 Å². The Morgan fingerprint density at radius 3 is 2.62 bits per heavy atom. The third-order valence-electron chi connectivity index (χ3n) is 3.16. The molecule has 5 heteroatoms. The highest BCUT2D eigenvalue weighted by atomic mass is 19.1. The van der Waals surface area contributed by atoms with Crippen molar-refractivity contribution in [1.82, 2.24) is 0 Å². The molecule has 0 bridgehead atoms. The van der Waals surface area contributed by atoms with Crippen LogP contribution < -0.4 is 4.74 Å². The van der Waals surface area contributed by atoms with Crippen molar-refractivity contribution >= 4 is 11.9 Å². The van der Waals surface area contributed by atoms with E-state index in [1.165, 1.54) is 12.1 Å². The summed E-state index contributed by atoms with van der Waals surface area (Å²) in [7, 11) is 0. The van der Waals surface area contributed by atoms with E-state index in [1.54, 1.807) is 30.3 Å². The molecule has 0 unspecified atom stereocenters. The number of hydrogen-bond donors (Lipinski definition) is 0. The van der Waals surface area contributed by atoms with Gasteiger partial charge in [0.15, 0.2) is 0 Å². The summed E-state index contributed by atoms with van der Waals surface area (Å²) < 4.78 is 22.9. The van der Waals surface area contributed by atoms with E-state index in [-0.39, 0.29) is 18.8 Å². The lowest BCUT2D eigenvalue weighted by molar-refractivity contribution is -0.137. The third-order valence-corrected chi connectivity index (χ3v) is 3.16. The van der Waals surface area contributed by atoms with Crippen molar-refractivity contribution in [3.05, 3.63) is 65.0 Å². The molecule has 106 valence electrons. The first-order valence-corrected chi connectivity index (χ1v) is 6.37. The van der Waals surface area contributed by atoms with Crippen molar-refractivity contribution in [3.63, 3.8) is 0 Å². The Balaban J connectivity index is 1.75. The molecular formula is C16H11FO4. The molecule has 0 atom stereocenters. The van der Waals surface area contributed by atoms with Gasteiger partial charge in [-0.1, -0.05) is 12.1 Å². The Kier molecular flexibility index (Phi) is 3.39. The van der Waals surface area contributed by atoms with Crippen LogP contribution in [0.2, 0.25) is 0 Å². The highest BCUT2D eigenvalue weighted by molar-refractivity contribution is 6.02. The van der Waals surface area contributed by atoms with Gasteiger partial charge in [-0.2, -0.15) is 0 Å². The number of benzene rings is 2. The lowest BCUT2D eigenvalue weighted by atomic mass is 10.0. The third kappa shape index (κ3) is 2.91. The molecule has 3 rings (SSSR count). The largest absolute Gasteiger partial charge is 0.489 e. The maximum atomic E-state index is 12.8. The number of esters is 2. The first-order valence-electron chi connectivity index (χ1n) is 6.37. The number of ether oxygens (including phenoxy) is 2. The van der Waals surface area contributed by atoms with Gasteiger partial charge in [0.05, 0.1) is 12.0 Å².